The van der Waals surface area contributed by atoms with Crippen LogP contribution in [-0.4, -0.2) is 67.9 Å². The molecule has 1 unspecified atom stereocenters. The van der Waals surface area contributed by atoms with E-state index in [1.54, 1.807) is 13.4 Å². The molecule has 2 N–H and O–H groups in total. The van der Waals surface area contributed by atoms with Gasteiger partial charge in [-0.05, 0) is 38.3 Å². The Balaban J connectivity index is 1.59. The maximum absolute atomic E-state index is 5.11. The van der Waals surface area contributed by atoms with Gasteiger partial charge < -0.3 is 20.3 Å². The molecule has 0 bridgehead atoms. The molecule has 0 spiro atoms. The lowest BCUT2D eigenvalue weighted by Crippen LogP contribution is -2.39. The molecule has 0 radical (unpaired) electrons. The van der Waals surface area contributed by atoms with Gasteiger partial charge in [-0.15, -0.1) is 0 Å². The zero-order chi connectivity index (χ0) is 15.9. The van der Waals surface area contributed by atoms with Crippen LogP contribution in [0.3, 0.4) is 0 Å². The normalized spacial score (nSPS) is 22.4. The van der Waals surface area contributed by atoms with Crippen LogP contribution in [0.5, 0.6) is 0 Å². The molecular formula is C17H29N5O. The van der Waals surface area contributed by atoms with Crippen molar-refractivity contribution in [3.05, 3.63) is 17.6 Å². The molecule has 6 heteroatoms. The molecule has 1 aromatic heterocycles. The van der Waals surface area contributed by atoms with Gasteiger partial charge in [0, 0.05) is 45.3 Å². The first-order valence-corrected chi connectivity index (χ1v) is 8.85. The lowest BCUT2D eigenvalue weighted by atomic mass is 9.99. The van der Waals surface area contributed by atoms with E-state index < -0.39 is 0 Å². The number of nitrogens with one attached hydrogen (secondary N) is 2. The zero-order valence-corrected chi connectivity index (χ0v) is 14.2. The maximum Gasteiger partial charge on any atom is 0.132 e. The molecule has 3 heterocycles. The van der Waals surface area contributed by atoms with E-state index in [4.69, 9.17) is 4.74 Å². The Morgan fingerprint density at radius 3 is 3.09 bits per heavy atom. The standard InChI is InChI=1S/C17H29N5O/c1-23-10-7-19-17-15-4-8-22(9-5-16(15)20-13-21-17)12-14-3-2-6-18-11-14/h13-14,18H,2-12H2,1H3,(H,19,20,21). The van der Waals surface area contributed by atoms with E-state index in [9.17, 15) is 0 Å². The van der Waals surface area contributed by atoms with E-state index in [0.29, 0.717) is 6.61 Å². The monoisotopic (exact) mass is 319 g/mol. The second-order valence-electron chi connectivity index (χ2n) is 6.58. The van der Waals surface area contributed by atoms with Crippen molar-refractivity contribution in [3.8, 4) is 0 Å². The number of hydrogen-bond donors (Lipinski definition) is 2. The average Bonchev–Trinajstić information content (AvgIpc) is 2.79. The number of fused-ring (bicyclic) bond motifs is 1. The van der Waals surface area contributed by atoms with Crippen molar-refractivity contribution in [2.24, 2.45) is 5.92 Å². The molecule has 3 rings (SSSR count). The summed E-state index contributed by atoms with van der Waals surface area (Å²) in [6, 6.07) is 0. The van der Waals surface area contributed by atoms with Gasteiger partial charge in [0.1, 0.15) is 12.1 Å². The van der Waals surface area contributed by atoms with Gasteiger partial charge in [-0.1, -0.05) is 0 Å². The fraction of sp³-hybridized carbons (Fsp3) is 0.765. The van der Waals surface area contributed by atoms with E-state index in [-0.39, 0.29) is 0 Å². The Hall–Kier alpha value is -1.24. The van der Waals surface area contributed by atoms with Crippen molar-refractivity contribution in [3.63, 3.8) is 0 Å². The Morgan fingerprint density at radius 2 is 2.26 bits per heavy atom. The van der Waals surface area contributed by atoms with Gasteiger partial charge in [-0.3, -0.25) is 0 Å². The first kappa shape index (κ1) is 16.6. The Morgan fingerprint density at radius 1 is 1.35 bits per heavy atom. The summed E-state index contributed by atoms with van der Waals surface area (Å²) < 4.78 is 5.11. The summed E-state index contributed by atoms with van der Waals surface area (Å²) in [5, 5.41) is 6.92. The van der Waals surface area contributed by atoms with E-state index in [1.165, 1.54) is 43.7 Å². The van der Waals surface area contributed by atoms with E-state index in [1.807, 2.05) is 0 Å². The van der Waals surface area contributed by atoms with Crippen molar-refractivity contribution < 1.29 is 4.74 Å². The number of hydrogen-bond acceptors (Lipinski definition) is 6. The molecule has 1 aromatic rings. The fourth-order valence-electron chi connectivity index (χ4n) is 3.62. The molecule has 1 fully saturated rings. The highest BCUT2D eigenvalue weighted by Crippen LogP contribution is 2.21. The SMILES string of the molecule is COCCNc1ncnc2c1CCN(CC1CCCNC1)CC2. The van der Waals surface area contributed by atoms with E-state index in [0.717, 1.165) is 44.2 Å². The van der Waals surface area contributed by atoms with Crippen molar-refractivity contribution in [1.82, 2.24) is 20.2 Å². The van der Waals surface area contributed by atoms with Crippen LogP contribution in [0.4, 0.5) is 5.82 Å². The molecule has 2 aliphatic rings. The van der Waals surface area contributed by atoms with Crippen LogP contribution in [0.1, 0.15) is 24.1 Å². The first-order chi connectivity index (χ1) is 11.4. The Bertz CT molecular complexity index is 490. The third-order valence-corrected chi connectivity index (χ3v) is 4.89. The number of aromatic nitrogens is 2. The second kappa shape index (κ2) is 8.57. The highest BCUT2D eigenvalue weighted by Gasteiger charge is 2.21. The predicted molar refractivity (Wildman–Crippen MR) is 91.8 cm³/mol. The van der Waals surface area contributed by atoms with Crippen molar-refractivity contribution in [2.75, 3.05) is 58.3 Å². The maximum atomic E-state index is 5.11. The third kappa shape index (κ3) is 4.62. The third-order valence-electron chi connectivity index (χ3n) is 4.89. The molecule has 1 saturated heterocycles. The highest BCUT2D eigenvalue weighted by atomic mass is 16.5. The van der Waals surface area contributed by atoms with Crippen LogP contribution in [0.15, 0.2) is 6.33 Å². The van der Waals surface area contributed by atoms with Gasteiger partial charge in [-0.2, -0.15) is 0 Å². The molecular weight excluding hydrogens is 290 g/mol. The predicted octanol–water partition coefficient (Wildman–Crippen LogP) is 0.935. The topological polar surface area (TPSA) is 62.3 Å². The van der Waals surface area contributed by atoms with Crippen molar-refractivity contribution in [2.45, 2.75) is 25.7 Å². The number of nitrogens with zero attached hydrogens (tertiary/aromatic N) is 3. The minimum absolute atomic E-state index is 0.694. The average molecular weight is 319 g/mol. The molecule has 128 valence electrons. The second-order valence-corrected chi connectivity index (χ2v) is 6.58. The first-order valence-electron chi connectivity index (χ1n) is 8.85. The van der Waals surface area contributed by atoms with Crippen molar-refractivity contribution in [1.29, 1.82) is 0 Å². The zero-order valence-electron chi connectivity index (χ0n) is 14.2. The summed E-state index contributed by atoms with van der Waals surface area (Å²) in [6.07, 6.45) is 6.43. The van der Waals surface area contributed by atoms with Crippen LogP contribution in [-0.2, 0) is 17.6 Å². The highest BCUT2D eigenvalue weighted by molar-refractivity contribution is 5.46. The summed E-state index contributed by atoms with van der Waals surface area (Å²) in [5.74, 6) is 1.79. The van der Waals surface area contributed by atoms with Crippen LogP contribution in [0.2, 0.25) is 0 Å². The van der Waals surface area contributed by atoms with Crippen LogP contribution >= 0.6 is 0 Å². The molecule has 6 nitrogen and oxygen atoms in total. The molecule has 23 heavy (non-hydrogen) atoms. The Labute approximate surface area is 139 Å². The molecule has 0 aliphatic carbocycles. The van der Waals surface area contributed by atoms with Gasteiger partial charge in [0.25, 0.3) is 0 Å². The quantitative estimate of drug-likeness (QED) is 0.761. The number of methoxy groups -OCH3 is 1. The molecule has 2 aliphatic heterocycles. The Kier molecular flexibility index (Phi) is 6.19. The van der Waals surface area contributed by atoms with Crippen molar-refractivity contribution >= 4 is 5.82 Å². The smallest absolute Gasteiger partial charge is 0.132 e. The number of anilines is 1. The van der Waals surface area contributed by atoms with Gasteiger partial charge in [-0.25, -0.2) is 9.97 Å². The van der Waals surface area contributed by atoms with E-state index >= 15 is 0 Å². The molecule has 0 saturated carbocycles. The van der Waals surface area contributed by atoms with Gasteiger partial charge in [0.15, 0.2) is 0 Å². The lowest BCUT2D eigenvalue weighted by Gasteiger charge is -2.29. The van der Waals surface area contributed by atoms with Gasteiger partial charge >= 0.3 is 0 Å². The van der Waals surface area contributed by atoms with Crippen LogP contribution in [0, 0.1) is 5.92 Å². The van der Waals surface area contributed by atoms with Gasteiger partial charge in [0.05, 0.1) is 12.3 Å². The molecule has 0 aromatic carbocycles. The minimum atomic E-state index is 0.694. The number of ether oxygens (including phenoxy) is 1. The van der Waals surface area contributed by atoms with Crippen LogP contribution in [0.25, 0.3) is 0 Å². The van der Waals surface area contributed by atoms with Gasteiger partial charge in [0.2, 0.25) is 0 Å². The summed E-state index contributed by atoms with van der Waals surface area (Å²) >= 11 is 0. The van der Waals surface area contributed by atoms with Crippen LogP contribution < -0.4 is 10.6 Å². The number of piperidine rings is 1. The largest absolute Gasteiger partial charge is 0.383 e. The summed E-state index contributed by atoms with van der Waals surface area (Å²) in [6.45, 7) is 7.27. The summed E-state index contributed by atoms with van der Waals surface area (Å²) in [4.78, 5) is 11.6. The minimum Gasteiger partial charge on any atom is -0.383 e. The number of rotatable bonds is 6. The van der Waals surface area contributed by atoms with E-state index in [2.05, 4.69) is 25.5 Å². The fourth-order valence-corrected chi connectivity index (χ4v) is 3.62. The molecule has 0 amide bonds. The molecule has 1 atom stereocenters. The summed E-state index contributed by atoms with van der Waals surface area (Å²) in [7, 11) is 1.72. The lowest BCUT2D eigenvalue weighted by molar-refractivity contribution is 0.210. The summed E-state index contributed by atoms with van der Waals surface area (Å²) in [5.41, 5.74) is 2.51.